The lowest BCUT2D eigenvalue weighted by Crippen LogP contribution is -2.24. The Morgan fingerprint density at radius 1 is 0.860 bits per heavy atom. The van der Waals surface area contributed by atoms with Gasteiger partial charge >= 0.3 is 6.03 Å². The highest BCUT2D eigenvalue weighted by Crippen LogP contribution is 2.24. The molecule has 0 unspecified atom stereocenters. The number of urea groups is 1. The van der Waals surface area contributed by atoms with Crippen molar-refractivity contribution in [2.75, 3.05) is 24.2 Å². The van der Waals surface area contributed by atoms with E-state index in [1.807, 2.05) is 73.3 Å². The molecule has 0 atom stereocenters. The fourth-order valence-corrected chi connectivity index (χ4v) is 5.13. The molecule has 2 aromatic carbocycles. The Morgan fingerprint density at radius 3 is 2.23 bits per heavy atom. The number of hydrogen-bond donors (Lipinski definition) is 3. The Labute approximate surface area is 254 Å². The predicted octanol–water partition coefficient (Wildman–Crippen LogP) is 7.20. The molecule has 0 aliphatic carbocycles. The van der Waals surface area contributed by atoms with E-state index >= 15 is 0 Å². The fourth-order valence-electron chi connectivity index (χ4n) is 5.13. The van der Waals surface area contributed by atoms with Gasteiger partial charge in [0.25, 0.3) is 5.56 Å². The topological polar surface area (TPSA) is 102 Å². The van der Waals surface area contributed by atoms with Crippen LogP contribution in [-0.2, 0) is 13.5 Å². The zero-order chi connectivity index (χ0) is 30.4. The summed E-state index contributed by atoms with van der Waals surface area (Å²) in [7, 11) is 3.51. The van der Waals surface area contributed by atoms with Crippen molar-refractivity contribution < 1.29 is 9.53 Å². The first-order valence-electron chi connectivity index (χ1n) is 15.3. The zero-order valence-electron chi connectivity index (χ0n) is 25.6. The minimum absolute atomic E-state index is 0.112. The quantitative estimate of drug-likeness (QED) is 0.121. The van der Waals surface area contributed by atoms with E-state index in [1.54, 1.807) is 30.1 Å². The molecule has 0 aliphatic heterocycles. The molecule has 2 amide bonds. The zero-order valence-corrected chi connectivity index (χ0v) is 25.6. The number of benzene rings is 2. The van der Waals surface area contributed by atoms with Gasteiger partial charge in [-0.1, -0.05) is 56.7 Å². The second kappa shape index (κ2) is 16.2. The van der Waals surface area contributed by atoms with E-state index in [4.69, 9.17) is 4.74 Å². The number of ether oxygens (including phenoxy) is 1. The van der Waals surface area contributed by atoms with Crippen LogP contribution in [0.2, 0.25) is 0 Å². The Morgan fingerprint density at radius 2 is 1.53 bits per heavy atom. The molecule has 2 aromatic heterocycles. The molecule has 0 saturated heterocycles. The van der Waals surface area contributed by atoms with Crippen LogP contribution in [0.25, 0.3) is 5.69 Å². The maximum atomic E-state index is 13.0. The van der Waals surface area contributed by atoms with Crippen LogP contribution in [0.15, 0.2) is 77.7 Å². The van der Waals surface area contributed by atoms with Crippen molar-refractivity contribution in [3.05, 3.63) is 94.5 Å². The van der Waals surface area contributed by atoms with E-state index in [2.05, 4.69) is 20.9 Å². The first kappa shape index (κ1) is 31.4. The summed E-state index contributed by atoms with van der Waals surface area (Å²) in [6.07, 6.45) is 12.0. The molecule has 4 rings (SSSR count). The predicted molar refractivity (Wildman–Crippen MR) is 174 cm³/mol. The molecular weight excluding hydrogens is 540 g/mol. The molecule has 9 nitrogen and oxygen atoms in total. The molecule has 3 N–H and O–H groups in total. The Kier molecular flexibility index (Phi) is 11.8. The monoisotopic (exact) mass is 584 g/mol. The van der Waals surface area contributed by atoms with Crippen LogP contribution < -0.4 is 26.2 Å². The molecule has 0 bridgehead atoms. The van der Waals surface area contributed by atoms with Crippen molar-refractivity contribution in [2.24, 2.45) is 7.05 Å². The Balaban J connectivity index is 1.06. The lowest BCUT2D eigenvalue weighted by atomic mass is 10.0. The number of unbranched alkanes of at least 4 members (excludes halogenated alkanes) is 7. The Hall–Kier alpha value is -4.53. The minimum Gasteiger partial charge on any atom is -0.457 e. The van der Waals surface area contributed by atoms with E-state index in [1.165, 1.54) is 32.1 Å². The number of carbonyl (C=O) groups excluding carboxylic acids is 1. The molecule has 0 saturated carbocycles. The molecule has 0 spiro atoms. The summed E-state index contributed by atoms with van der Waals surface area (Å²) in [6.45, 7) is 2.99. The highest BCUT2D eigenvalue weighted by molar-refractivity contribution is 5.88. The van der Waals surface area contributed by atoms with Crippen molar-refractivity contribution in [1.29, 1.82) is 0 Å². The Bertz CT molecular complexity index is 1500. The molecule has 228 valence electrons. The summed E-state index contributed by atoms with van der Waals surface area (Å²) >= 11 is 0. The molecule has 4 aromatic rings. The second-order valence-electron chi connectivity index (χ2n) is 10.8. The van der Waals surface area contributed by atoms with Gasteiger partial charge in [0.05, 0.1) is 5.69 Å². The van der Waals surface area contributed by atoms with Gasteiger partial charge in [-0.3, -0.25) is 14.8 Å². The largest absolute Gasteiger partial charge is 0.457 e. The van der Waals surface area contributed by atoms with Crippen molar-refractivity contribution in [1.82, 2.24) is 19.7 Å². The van der Waals surface area contributed by atoms with Gasteiger partial charge in [-0.2, -0.15) is 0 Å². The average Bonchev–Trinajstić information content (AvgIpc) is 3.23. The number of para-hydroxylation sites is 1. The first-order valence-corrected chi connectivity index (χ1v) is 15.3. The molecule has 9 heteroatoms. The number of aromatic nitrogens is 3. The maximum Gasteiger partial charge on any atom is 0.320 e. The van der Waals surface area contributed by atoms with Crippen molar-refractivity contribution in [2.45, 2.75) is 64.7 Å². The van der Waals surface area contributed by atoms with Gasteiger partial charge in [0.1, 0.15) is 17.3 Å². The highest BCUT2D eigenvalue weighted by Gasteiger charge is 2.15. The van der Waals surface area contributed by atoms with Crippen molar-refractivity contribution >= 4 is 17.5 Å². The van der Waals surface area contributed by atoms with Crippen LogP contribution in [0, 0.1) is 6.92 Å². The van der Waals surface area contributed by atoms with Crippen molar-refractivity contribution in [3.63, 3.8) is 0 Å². The van der Waals surface area contributed by atoms with Gasteiger partial charge in [0.15, 0.2) is 0 Å². The van der Waals surface area contributed by atoms with Crippen LogP contribution in [0.1, 0.15) is 62.6 Å². The normalized spacial score (nSPS) is 10.9. The number of nitrogens with zero attached hydrogens (tertiary/aromatic N) is 3. The summed E-state index contributed by atoms with van der Waals surface area (Å²) in [6, 6.07) is 20.8. The highest BCUT2D eigenvalue weighted by atomic mass is 16.5. The molecule has 0 aliphatic rings. The van der Waals surface area contributed by atoms with Gasteiger partial charge < -0.3 is 15.4 Å². The molecule has 2 heterocycles. The van der Waals surface area contributed by atoms with Crippen LogP contribution in [0.4, 0.5) is 16.3 Å². The third-order valence-corrected chi connectivity index (χ3v) is 7.65. The van der Waals surface area contributed by atoms with E-state index in [-0.39, 0.29) is 11.6 Å². The number of carbonyl (C=O) groups is 1. The van der Waals surface area contributed by atoms with E-state index in [0.29, 0.717) is 17.3 Å². The van der Waals surface area contributed by atoms with Gasteiger partial charge in [0.2, 0.25) is 0 Å². The van der Waals surface area contributed by atoms with E-state index < -0.39 is 0 Å². The van der Waals surface area contributed by atoms with Gasteiger partial charge in [-0.15, -0.1) is 0 Å². The summed E-state index contributed by atoms with van der Waals surface area (Å²) in [5.41, 5.74) is 4.09. The number of nitrogens with one attached hydrogen (secondary N) is 3. The summed E-state index contributed by atoms with van der Waals surface area (Å²) < 4.78 is 9.64. The van der Waals surface area contributed by atoms with Gasteiger partial charge in [-0.05, 0) is 68.7 Å². The lowest BCUT2D eigenvalue weighted by Gasteiger charge is -2.10. The van der Waals surface area contributed by atoms with Gasteiger partial charge in [-0.25, -0.2) is 14.5 Å². The maximum absolute atomic E-state index is 13.0. The SMILES string of the molecule is CNC(=O)Nc1cc(Oc2ccc(NCCCCCCCCCCc3c(C)n(C)n(-c4ccccc4)c3=O)cc2)ccn1. The van der Waals surface area contributed by atoms with E-state index in [9.17, 15) is 9.59 Å². The van der Waals surface area contributed by atoms with Crippen LogP contribution in [0.5, 0.6) is 11.5 Å². The van der Waals surface area contributed by atoms with Crippen molar-refractivity contribution in [3.8, 4) is 17.2 Å². The summed E-state index contributed by atoms with van der Waals surface area (Å²) in [5, 5.41) is 8.61. The first-order chi connectivity index (χ1) is 21.0. The third kappa shape index (κ3) is 9.23. The smallest absolute Gasteiger partial charge is 0.320 e. The second-order valence-corrected chi connectivity index (χ2v) is 10.8. The molecule has 0 radical (unpaired) electrons. The average molecular weight is 585 g/mol. The molecule has 0 fully saturated rings. The minimum atomic E-state index is -0.331. The molecular formula is C34H44N6O3. The number of amides is 2. The third-order valence-electron chi connectivity index (χ3n) is 7.65. The van der Waals surface area contributed by atoms with Crippen LogP contribution >= 0.6 is 0 Å². The number of pyridine rings is 1. The summed E-state index contributed by atoms with van der Waals surface area (Å²) in [4.78, 5) is 28.6. The van der Waals surface area contributed by atoms with Gasteiger partial charge in [0, 0.05) is 49.8 Å². The van der Waals surface area contributed by atoms with E-state index in [0.717, 1.165) is 54.9 Å². The number of rotatable bonds is 16. The standard InChI is InChI=1S/C34H44N6O3/c1-26-31(33(41)40(39(26)3)28-15-11-10-12-16-28)17-13-8-6-4-5-7-9-14-23-36-27-18-20-29(21-19-27)43-30-22-24-37-32(25-30)38-34(42)35-2/h10-12,15-16,18-22,24-25,36H,4-9,13-14,17,23H2,1-3H3,(H2,35,37,38,42). The van der Waals surface area contributed by atoms with Crippen LogP contribution in [-0.4, -0.2) is 34.0 Å². The fraction of sp³-hybridized carbons (Fsp3) is 0.382. The number of hydrogen-bond acceptors (Lipinski definition) is 5. The van der Waals surface area contributed by atoms with Crippen LogP contribution in [0.3, 0.4) is 0 Å². The summed E-state index contributed by atoms with van der Waals surface area (Å²) in [5.74, 6) is 1.73. The number of anilines is 2. The molecule has 43 heavy (non-hydrogen) atoms. The lowest BCUT2D eigenvalue weighted by molar-refractivity contribution is 0.254.